The first-order valence-electron chi connectivity index (χ1n) is 7.69. The van der Waals surface area contributed by atoms with Crippen LogP contribution in [0.5, 0.6) is 0 Å². The normalized spacial score (nSPS) is 11.6. The Balaban J connectivity index is 2.01. The molecule has 3 aromatic rings. The highest BCUT2D eigenvalue weighted by atomic mass is 19.4. The van der Waals surface area contributed by atoms with E-state index in [1.807, 2.05) is 0 Å². The topological polar surface area (TPSA) is 86.7 Å². The van der Waals surface area contributed by atoms with Gasteiger partial charge < -0.3 is 9.88 Å². The molecule has 0 aliphatic rings. The molecule has 3 aromatic heterocycles. The highest BCUT2D eigenvalue weighted by Crippen LogP contribution is 2.38. The zero-order valence-corrected chi connectivity index (χ0v) is 14.6. The predicted octanol–water partition coefficient (Wildman–Crippen LogP) is 1.79. The lowest BCUT2D eigenvalue weighted by molar-refractivity contribution is -0.140. The number of anilines is 1. The summed E-state index contributed by atoms with van der Waals surface area (Å²) < 4.78 is 43.4. The molecule has 8 nitrogen and oxygen atoms in total. The summed E-state index contributed by atoms with van der Waals surface area (Å²) in [4.78, 5) is 23.9. The van der Waals surface area contributed by atoms with E-state index in [1.54, 1.807) is 0 Å². The number of hydrogen-bond acceptors (Lipinski definition) is 4. The van der Waals surface area contributed by atoms with Gasteiger partial charge >= 0.3 is 6.18 Å². The Morgan fingerprint density at radius 3 is 2.26 bits per heavy atom. The third kappa shape index (κ3) is 3.61. The van der Waals surface area contributed by atoms with Gasteiger partial charge in [-0.2, -0.15) is 23.4 Å². The molecule has 0 aliphatic heterocycles. The standard InChI is InChI=1S/C16H15F3N6O2/c1-23-6-9(4-5-12(23)26)15(27)20-14-11(8-25(3)22-14)10-7-24(2)21-13(10)16(17,18)19/h4-8H,1-3H3,(H,20,22,27). The highest BCUT2D eigenvalue weighted by Gasteiger charge is 2.38. The molecular formula is C16H15F3N6O2. The van der Waals surface area contributed by atoms with Gasteiger partial charge in [0.05, 0.1) is 5.56 Å². The van der Waals surface area contributed by atoms with Gasteiger partial charge in [-0.15, -0.1) is 0 Å². The Hall–Kier alpha value is -3.37. The summed E-state index contributed by atoms with van der Waals surface area (Å²) in [6.07, 6.45) is -0.763. The van der Waals surface area contributed by atoms with Crippen LogP contribution in [-0.2, 0) is 27.3 Å². The van der Waals surface area contributed by atoms with Crippen molar-refractivity contribution in [2.75, 3.05) is 5.32 Å². The van der Waals surface area contributed by atoms with E-state index in [4.69, 9.17) is 0 Å². The number of aryl methyl sites for hydroxylation is 3. The van der Waals surface area contributed by atoms with Crippen LogP contribution in [0.2, 0.25) is 0 Å². The van der Waals surface area contributed by atoms with Crippen molar-refractivity contribution in [3.05, 3.63) is 52.3 Å². The first kappa shape index (κ1) is 18.4. The molecule has 0 saturated carbocycles. The third-order valence-electron chi connectivity index (χ3n) is 3.80. The summed E-state index contributed by atoms with van der Waals surface area (Å²) in [5.74, 6) is -0.655. The molecule has 0 radical (unpaired) electrons. The second kappa shape index (κ2) is 6.41. The highest BCUT2D eigenvalue weighted by molar-refractivity contribution is 6.05. The molecule has 0 atom stereocenters. The zero-order valence-electron chi connectivity index (χ0n) is 14.6. The van der Waals surface area contributed by atoms with E-state index in [0.29, 0.717) is 0 Å². The number of alkyl halides is 3. The van der Waals surface area contributed by atoms with Crippen molar-refractivity contribution >= 4 is 11.7 Å². The molecule has 1 N–H and O–H groups in total. The van der Waals surface area contributed by atoms with Crippen LogP contribution in [0.25, 0.3) is 11.1 Å². The van der Waals surface area contributed by atoms with Gasteiger partial charge in [0.1, 0.15) is 0 Å². The monoisotopic (exact) mass is 380 g/mol. The smallest absolute Gasteiger partial charge is 0.318 e. The number of nitrogens with one attached hydrogen (secondary N) is 1. The zero-order chi connectivity index (χ0) is 19.9. The fourth-order valence-corrected chi connectivity index (χ4v) is 2.58. The first-order chi connectivity index (χ1) is 12.6. The molecule has 0 saturated heterocycles. The molecule has 0 fully saturated rings. The molecule has 3 heterocycles. The molecule has 3 rings (SSSR count). The van der Waals surface area contributed by atoms with Crippen molar-refractivity contribution < 1.29 is 18.0 Å². The number of pyridine rings is 1. The molecule has 0 aliphatic carbocycles. The maximum atomic E-state index is 13.3. The second-order valence-corrected chi connectivity index (χ2v) is 5.95. The Bertz CT molecular complexity index is 1080. The lowest BCUT2D eigenvalue weighted by Gasteiger charge is -2.08. The average molecular weight is 380 g/mol. The molecular weight excluding hydrogens is 365 g/mol. The van der Waals surface area contributed by atoms with Crippen LogP contribution in [0.1, 0.15) is 16.1 Å². The fourth-order valence-electron chi connectivity index (χ4n) is 2.58. The molecule has 0 unspecified atom stereocenters. The van der Waals surface area contributed by atoms with Crippen LogP contribution in [0.4, 0.5) is 19.0 Å². The van der Waals surface area contributed by atoms with E-state index in [-0.39, 0.29) is 28.1 Å². The van der Waals surface area contributed by atoms with Gasteiger partial charge in [0.25, 0.3) is 5.91 Å². The average Bonchev–Trinajstić information content (AvgIpc) is 3.12. The van der Waals surface area contributed by atoms with Gasteiger partial charge in [0.15, 0.2) is 11.5 Å². The van der Waals surface area contributed by atoms with Crippen molar-refractivity contribution in [2.24, 2.45) is 21.1 Å². The predicted molar refractivity (Wildman–Crippen MR) is 90.0 cm³/mol. The van der Waals surface area contributed by atoms with E-state index in [0.717, 1.165) is 4.68 Å². The number of aromatic nitrogens is 5. The van der Waals surface area contributed by atoms with Gasteiger partial charge in [-0.1, -0.05) is 0 Å². The summed E-state index contributed by atoms with van der Waals surface area (Å²) in [5.41, 5.74) is -1.33. The molecule has 11 heteroatoms. The van der Waals surface area contributed by atoms with Crippen LogP contribution in [0.15, 0.2) is 35.5 Å². The molecule has 142 valence electrons. The Morgan fingerprint density at radius 1 is 1.00 bits per heavy atom. The Labute approximate surface area is 150 Å². The lowest BCUT2D eigenvalue weighted by atomic mass is 10.1. The minimum atomic E-state index is -4.66. The molecule has 0 aromatic carbocycles. The number of amides is 1. The minimum Gasteiger partial charge on any atom is -0.318 e. The summed E-state index contributed by atoms with van der Waals surface area (Å²) >= 11 is 0. The molecule has 0 bridgehead atoms. The van der Waals surface area contributed by atoms with Crippen LogP contribution in [0.3, 0.4) is 0 Å². The Morgan fingerprint density at radius 2 is 1.63 bits per heavy atom. The first-order valence-corrected chi connectivity index (χ1v) is 7.69. The number of carbonyl (C=O) groups is 1. The van der Waals surface area contributed by atoms with E-state index in [2.05, 4.69) is 15.5 Å². The third-order valence-corrected chi connectivity index (χ3v) is 3.80. The summed E-state index contributed by atoms with van der Waals surface area (Å²) in [6, 6.07) is 2.54. The van der Waals surface area contributed by atoms with Crippen LogP contribution < -0.4 is 10.9 Å². The quantitative estimate of drug-likeness (QED) is 0.751. The maximum Gasteiger partial charge on any atom is 0.435 e. The van der Waals surface area contributed by atoms with Gasteiger partial charge in [0.2, 0.25) is 5.56 Å². The van der Waals surface area contributed by atoms with Gasteiger partial charge in [-0.25, -0.2) is 0 Å². The summed E-state index contributed by atoms with van der Waals surface area (Å²) in [6.45, 7) is 0. The maximum absolute atomic E-state index is 13.3. The molecule has 1 amide bonds. The molecule has 0 spiro atoms. The van der Waals surface area contributed by atoms with E-state index < -0.39 is 17.8 Å². The van der Waals surface area contributed by atoms with Crippen molar-refractivity contribution in [1.82, 2.24) is 24.1 Å². The summed E-state index contributed by atoms with van der Waals surface area (Å²) in [5, 5.41) is 10.00. The number of carbonyl (C=O) groups excluding carboxylic acids is 1. The van der Waals surface area contributed by atoms with Crippen molar-refractivity contribution in [2.45, 2.75) is 6.18 Å². The largest absolute Gasteiger partial charge is 0.435 e. The van der Waals surface area contributed by atoms with E-state index in [9.17, 15) is 22.8 Å². The number of nitrogens with zero attached hydrogens (tertiary/aromatic N) is 5. The SMILES string of the molecule is Cn1cc(-c2cn(C)nc2C(F)(F)F)c(NC(=O)c2ccc(=O)n(C)c2)n1. The molecule has 27 heavy (non-hydrogen) atoms. The number of rotatable bonds is 3. The van der Waals surface area contributed by atoms with Crippen molar-refractivity contribution in [1.29, 1.82) is 0 Å². The number of hydrogen-bond donors (Lipinski definition) is 1. The van der Waals surface area contributed by atoms with Crippen LogP contribution >= 0.6 is 0 Å². The number of halogens is 3. The Kier molecular flexibility index (Phi) is 4.38. The lowest BCUT2D eigenvalue weighted by Crippen LogP contribution is -2.20. The van der Waals surface area contributed by atoms with Gasteiger partial charge in [-0.3, -0.25) is 19.0 Å². The van der Waals surface area contributed by atoms with Crippen LogP contribution in [-0.4, -0.2) is 30.0 Å². The summed E-state index contributed by atoms with van der Waals surface area (Å²) in [7, 11) is 4.38. The fraction of sp³-hybridized carbons (Fsp3) is 0.250. The van der Waals surface area contributed by atoms with Crippen molar-refractivity contribution in [3.63, 3.8) is 0 Å². The van der Waals surface area contributed by atoms with Gasteiger partial charge in [-0.05, 0) is 6.07 Å². The second-order valence-electron chi connectivity index (χ2n) is 5.95. The van der Waals surface area contributed by atoms with Gasteiger partial charge in [0, 0.05) is 56.9 Å². The van der Waals surface area contributed by atoms with Crippen LogP contribution in [0, 0.1) is 0 Å². The van der Waals surface area contributed by atoms with E-state index >= 15 is 0 Å². The van der Waals surface area contributed by atoms with E-state index in [1.165, 1.54) is 61.1 Å². The minimum absolute atomic E-state index is 0.0464. The van der Waals surface area contributed by atoms with Crippen molar-refractivity contribution in [3.8, 4) is 11.1 Å².